The van der Waals surface area contributed by atoms with Gasteiger partial charge in [0.25, 0.3) is 5.91 Å². The van der Waals surface area contributed by atoms with E-state index >= 15 is 0 Å². The molecule has 9 heteroatoms. The number of ether oxygens (including phenoxy) is 1. The first kappa shape index (κ1) is 22.6. The number of nitriles is 1. The maximum Gasteiger partial charge on any atom is 0.310 e. The van der Waals surface area contributed by atoms with Crippen LogP contribution in [0.5, 0.6) is 0 Å². The summed E-state index contributed by atoms with van der Waals surface area (Å²) in [4.78, 5) is 32.5. The standard InChI is InChI=1S/C24H25N5O3S/c1-3-32-24(31)15-5-4-10-29(12-15)23(30)20-19(26)18-17(14-8-6-13(2)7-9-14)16(11-25)21(27)28-22(18)33-20/h6-9,15H,3-5,10,12,26H2,1-2H3,(H2,27,28). The van der Waals surface area contributed by atoms with Crippen LogP contribution in [0.1, 0.15) is 40.6 Å². The van der Waals surface area contributed by atoms with Gasteiger partial charge in [0.05, 0.1) is 18.2 Å². The van der Waals surface area contributed by atoms with Gasteiger partial charge in [-0.15, -0.1) is 11.3 Å². The molecule has 1 saturated heterocycles. The largest absolute Gasteiger partial charge is 0.466 e. The summed E-state index contributed by atoms with van der Waals surface area (Å²) in [6, 6.07) is 9.83. The normalized spacial score (nSPS) is 15.9. The first-order valence-corrected chi connectivity index (χ1v) is 11.6. The minimum Gasteiger partial charge on any atom is -0.466 e. The number of nitrogen functional groups attached to an aromatic ring is 2. The van der Waals surface area contributed by atoms with Crippen LogP contribution >= 0.6 is 11.3 Å². The fourth-order valence-corrected chi connectivity index (χ4v) is 5.29. The molecule has 1 aromatic carbocycles. The number of esters is 1. The first-order valence-electron chi connectivity index (χ1n) is 10.8. The first-order chi connectivity index (χ1) is 15.8. The second kappa shape index (κ2) is 9.08. The number of nitrogens with zero attached hydrogens (tertiary/aromatic N) is 3. The number of nitrogens with two attached hydrogens (primary N) is 2. The molecule has 1 fully saturated rings. The molecular weight excluding hydrogens is 438 g/mol. The van der Waals surface area contributed by atoms with Crippen molar-refractivity contribution in [2.24, 2.45) is 5.92 Å². The van der Waals surface area contributed by atoms with Gasteiger partial charge < -0.3 is 21.1 Å². The third-order valence-corrected chi connectivity index (χ3v) is 6.97. The highest BCUT2D eigenvalue weighted by Gasteiger charge is 2.32. The van der Waals surface area contributed by atoms with Gasteiger partial charge in [-0.25, -0.2) is 4.98 Å². The predicted molar refractivity (Wildman–Crippen MR) is 129 cm³/mol. The van der Waals surface area contributed by atoms with Crippen molar-refractivity contribution in [1.82, 2.24) is 9.88 Å². The Morgan fingerprint density at radius 3 is 2.70 bits per heavy atom. The molecule has 1 unspecified atom stereocenters. The van der Waals surface area contributed by atoms with Crippen LogP contribution in [0.25, 0.3) is 21.3 Å². The third kappa shape index (κ3) is 4.10. The number of aromatic nitrogens is 1. The zero-order valence-corrected chi connectivity index (χ0v) is 19.4. The van der Waals surface area contributed by atoms with Gasteiger partial charge in [-0.1, -0.05) is 29.8 Å². The van der Waals surface area contributed by atoms with Gasteiger partial charge in [-0.3, -0.25) is 9.59 Å². The Morgan fingerprint density at radius 2 is 2.03 bits per heavy atom. The number of pyridine rings is 1. The maximum atomic E-state index is 13.4. The quantitative estimate of drug-likeness (QED) is 0.563. The lowest BCUT2D eigenvalue weighted by molar-refractivity contribution is -0.149. The van der Waals surface area contributed by atoms with Crippen molar-refractivity contribution in [3.05, 3.63) is 40.3 Å². The van der Waals surface area contributed by atoms with Gasteiger partial charge >= 0.3 is 5.97 Å². The van der Waals surface area contributed by atoms with Crippen molar-refractivity contribution in [3.8, 4) is 17.2 Å². The van der Waals surface area contributed by atoms with E-state index in [0.29, 0.717) is 46.7 Å². The van der Waals surface area contributed by atoms with Crippen LogP contribution in [0, 0.1) is 24.2 Å². The number of likely N-dealkylation sites (tertiary alicyclic amines) is 1. The summed E-state index contributed by atoms with van der Waals surface area (Å²) in [6.45, 7) is 4.87. The molecule has 2 aromatic heterocycles. The number of amides is 1. The zero-order valence-electron chi connectivity index (χ0n) is 18.6. The molecule has 0 saturated carbocycles. The fraction of sp³-hybridized carbons (Fsp3) is 0.333. The van der Waals surface area contributed by atoms with Crippen LogP contribution in [-0.2, 0) is 9.53 Å². The van der Waals surface area contributed by atoms with Crippen LogP contribution in [0.2, 0.25) is 0 Å². The maximum absolute atomic E-state index is 13.4. The molecule has 0 spiro atoms. The van der Waals surface area contributed by atoms with Crippen molar-refractivity contribution in [3.63, 3.8) is 0 Å². The van der Waals surface area contributed by atoms with Crippen molar-refractivity contribution >= 4 is 44.9 Å². The summed E-state index contributed by atoms with van der Waals surface area (Å²) >= 11 is 1.16. The number of carbonyl (C=O) groups is 2. The number of hydrogen-bond acceptors (Lipinski definition) is 8. The summed E-state index contributed by atoms with van der Waals surface area (Å²) in [5.41, 5.74) is 15.6. The summed E-state index contributed by atoms with van der Waals surface area (Å²) in [5.74, 6) is -0.785. The lowest BCUT2D eigenvalue weighted by atomic mass is 9.96. The molecule has 1 amide bonds. The Labute approximate surface area is 195 Å². The lowest BCUT2D eigenvalue weighted by Crippen LogP contribution is -2.42. The Hall–Kier alpha value is -3.64. The highest BCUT2D eigenvalue weighted by Crippen LogP contribution is 2.43. The topological polar surface area (TPSA) is 135 Å². The number of benzene rings is 1. The van der Waals surface area contributed by atoms with E-state index in [-0.39, 0.29) is 41.4 Å². The van der Waals surface area contributed by atoms with Crippen LogP contribution in [-0.4, -0.2) is 41.5 Å². The second-order valence-electron chi connectivity index (χ2n) is 8.09. The number of piperidine rings is 1. The molecule has 1 aliphatic heterocycles. The number of aryl methyl sites for hydroxylation is 1. The highest BCUT2D eigenvalue weighted by molar-refractivity contribution is 7.21. The number of fused-ring (bicyclic) bond motifs is 1. The Balaban J connectivity index is 1.79. The minimum absolute atomic E-state index is 0.0983. The van der Waals surface area contributed by atoms with Crippen molar-refractivity contribution in [2.75, 3.05) is 31.2 Å². The van der Waals surface area contributed by atoms with Gasteiger partial charge in [0.2, 0.25) is 0 Å². The molecule has 0 radical (unpaired) electrons. The lowest BCUT2D eigenvalue weighted by Gasteiger charge is -2.31. The average molecular weight is 464 g/mol. The molecule has 1 aliphatic rings. The zero-order chi connectivity index (χ0) is 23.7. The summed E-state index contributed by atoms with van der Waals surface area (Å²) in [6.07, 6.45) is 1.39. The van der Waals surface area contributed by atoms with Crippen molar-refractivity contribution in [1.29, 1.82) is 5.26 Å². The van der Waals surface area contributed by atoms with E-state index in [9.17, 15) is 14.9 Å². The molecule has 4 N–H and O–H groups in total. The average Bonchev–Trinajstić information content (AvgIpc) is 3.14. The minimum atomic E-state index is -0.347. The molecule has 4 rings (SSSR count). The van der Waals surface area contributed by atoms with Crippen LogP contribution < -0.4 is 11.5 Å². The monoisotopic (exact) mass is 463 g/mol. The molecule has 1 atom stereocenters. The molecule has 33 heavy (non-hydrogen) atoms. The van der Waals surface area contributed by atoms with E-state index < -0.39 is 0 Å². The van der Waals surface area contributed by atoms with Gasteiger partial charge in [-0.05, 0) is 32.3 Å². The molecular formula is C24H25N5O3S. The second-order valence-corrected chi connectivity index (χ2v) is 9.09. The van der Waals surface area contributed by atoms with Crippen LogP contribution in [0.4, 0.5) is 11.5 Å². The van der Waals surface area contributed by atoms with Crippen LogP contribution in [0.3, 0.4) is 0 Å². The summed E-state index contributed by atoms with van der Waals surface area (Å²) < 4.78 is 5.15. The smallest absolute Gasteiger partial charge is 0.310 e. The molecule has 3 aromatic rings. The van der Waals surface area contributed by atoms with E-state index in [1.807, 2.05) is 31.2 Å². The number of anilines is 2. The SMILES string of the molecule is CCOC(=O)C1CCCN(C(=O)c2sc3nc(N)c(C#N)c(-c4ccc(C)cc4)c3c2N)C1. The highest BCUT2D eigenvalue weighted by atomic mass is 32.1. The number of carbonyl (C=O) groups excluding carboxylic acids is 2. The van der Waals surface area contributed by atoms with Crippen LogP contribution in [0.15, 0.2) is 24.3 Å². The molecule has 0 aliphatic carbocycles. The Bertz CT molecular complexity index is 1280. The van der Waals surface area contributed by atoms with E-state index in [1.165, 1.54) is 0 Å². The Kier molecular flexibility index (Phi) is 6.20. The third-order valence-electron chi connectivity index (χ3n) is 5.88. The summed E-state index contributed by atoms with van der Waals surface area (Å²) in [5, 5.41) is 10.3. The number of hydrogen-bond donors (Lipinski definition) is 2. The predicted octanol–water partition coefficient (Wildman–Crippen LogP) is 3.72. The van der Waals surface area contributed by atoms with Gasteiger partial charge in [0.1, 0.15) is 27.2 Å². The fourth-order valence-electron chi connectivity index (χ4n) is 4.21. The molecule has 170 valence electrons. The molecule has 8 nitrogen and oxygen atoms in total. The van der Waals surface area contributed by atoms with Gasteiger partial charge in [-0.2, -0.15) is 5.26 Å². The van der Waals surface area contributed by atoms with Crippen molar-refractivity contribution in [2.45, 2.75) is 26.7 Å². The van der Waals surface area contributed by atoms with E-state index in [0.717, 1.165) is 22.5 Å². The summed E-state index contributed by atoms with van der Waals surface area (Å²) in [7, 11) is 0. The van der Waals surface area contributed by atoms with Crippen molar-refractivity contribution < 1.29 is 14.3 Å². The van der Waals surface area contributed by atoms with Gasteiger partial charge in [0, 0.05) is 24.0 Å². The number of thiophene rings is 1. The van der Waals surface area contributed by atoms with E-state index in [1.54, 1.807) is 11.8 Å². The van der Waals surface area contributed by atoms with E-state index in [4.69, 9.17) is 16.2 Å². The molecule has 0 bridgehead atoms. The Morgan fingerprint density at radius 1 is 1.30 bits per heavy atom. The number of rotatable bonds is 4. The van der Waals surface area contributed by atoms with E-state index in [2.05, 4.69) is 11.1 Å². The van der Waals surface area contributed by atoms with Gasteiger partial charge in [0.15, 0.2) is 0 Å². The molecule has 3 heterocycles.